The highest BCUT2D eigenvalue weighted by Gasteiger charge is 2.41. The van der Waals surface area contributed by atoms with E-state index in [-0.39, 0.29) is 11.8 Å². The van der Waals surface area contributed by atoms with Gasteiger partial charge in [0, 0.05) is 11.8 Å². The van der Waals surface area contributed by atoms with Gasteiger partial charge in [-0.15, -0.1) is 0 Å². The Morgan fingerprint density at radius 3 is 2.33 bits per heavy atom. The molecule has 3 heteroatoms. The van der Waals surface area contributed by atoms with Gasteiger partial charge in [0.2, 0.25) is 0 Å². The Labute approximate surface area is 108 Å². The highest BCUT2D eigenvalue weighted by Crippen LogP contribution is 2.39. The lowest BCUT2D eigenvalue weighted by molar-refractivity contribution is -0.139. The SMILES string of the molecule is Cc1cc(C)c(C2(CCC(=O)O)COC2)cc1C. The minimum absolute atomic E-state index is 0.0824. The van der Waals surface area contributed by atoms with Crippen LogP contribution in [0.3, 0.4) is 0 Å². The van der Waals surface area contributed by atoms with E-state index in [9.17, 15) is 4.79 Å². The maximum atomic E-state index is 10.8. The van der Waals surface area contributed by atoms with Crippen LogP contribution in [-0.2, 0) is 14.9 Å². The number of ether oxygens (including phenoxy) is 1. The van der Waals surface area contributed by atoms with Gasteiger partial charge in [-0.05, 0) is 49.4 Å². The predicted octanol–water partition coefficient (Wildman–Crippen LogP) is 2.74. The van der Waals surface area contributed by atoms with Crippen LogP contribution in [-0.4, -0.2) is 24.3 Å². The maximum absolute atomic E-state index is 10.8. The lowest BCUT2D eigenvalue weighted by Gasteiger charge is -2.43. The van der Waals surface area contributed by atoms with Crippen molar-refractivity contribution in [3.63, 3.8) is 0 Å². The molecule has 0 spiro atoms. The zero-order valence-corrected chi connectivity index (χ0v) is 11.2. The first kappa shape index (κ1) is 13.1. The molecular weight excluding hydrogens is 228 g/mol. The molecule has 3 nitrogen and oxygen atoms in total. The largest absolute Gasteiger partial charge is 0.481 e. The van der Waals surface area contributed by atoms with Gasteiger partial charge in [0.25, 0.3) is 0 Å². The number of aliphatic carboxylic acids is 1. The summed E-state index contributed by atoms with van der Waals surface area (Å²) in [6.07, 6.45) is 0.862. The third-order valence-corrected chi connectivity index (χ3v) is 3.99. The molecule has 98 valence electrons. The number of carboxylic acid groups (broad SMARTS) is 1. The minimum Gasteiger partial charge on any atom is -0.481 e. The van der Waals surface area contributed by atoms with E-state index in [1.807, 2.05) is 0 Å². The van der Waals surface area contributed by atoms with E-state index in [1.54, 1.807) is 0 Å². The normalized spacial score (nSPS) is 17.3. The van der Waals surface area contributed by atoms with E-state index in [0.717, 1.165) is 0 Å². The fourth-order valence-electron chi connectivity index (χ4n) is 2.66. The van der Waals surface area contributed by atoms with Gasteiger partial charge in [-0.2, -0.15) is 0 Å². The lowest BCUT2D eigenvalue weighted by Crippen LogP contribution is -2.47. The maximum Gasteiger partial charge on any atom is 0.303 e. The van der Waals surface area contributed by atoms with Crippen molar-refractivity contribution in [1.82, 2.24) is 0 Å². The third-order valence-electron chi connectivity index (χ3n) is 3.99. The molecule has 1 aromatic carbocycles. The lowest BCUT2D eigenvalue weighted by atomic mass is 9.72. The van der Waals surface area contributed by atoms with Gasteiger partial charge in [0.1, 0.15) is 0 Å². The smallest absolute Gasteiger partial charge is 0.303 e. The second kappa shape index (κ2) is 4.73. The van der Waals surface area contributed by atoms with Crippen molar-refractivity contribution in [2.45, 2.75) is 39.0 Å². The van der Waals surface area contributed by atoms with E-state index in [1.165, 1.54) is 22.3 Å². The molecule has 0 radical (unpaired) electrons. The molecule has 1 aliphatic rings. The number of hydrogen-bond acceptors (Lipinski definition) is 2. The zero-order chi connectivity index (χ0) is 13.3. The van der Waals surface area contributed by atoms with Gasteiger partial charge in [-0.3, -0.25) is 4.79 Å². The quantitative estimate of drug-likeness (QED) is 0.891. The Morgan fingerprint density at radius 1 is 1.22 bits per heavy atom. The van der Waals surface area contributed by atoms with E-state index in [4.69, 9.17) is 9.84 Å². The zero-order valence-electron chi connectivity index (χ0n) is 11.2. The summed E-state index contributed by atoms with van der Waals surface area (Å²) in [7, 11) is 0. The van der Waals surface area contributed by atoms with Crippen LogP contribution in [0.15, 0.2) is 12.1 Å². The Morgan fingerprint density at radius 2 is 1.83 bits per heavy atom. The molecule has 0 saturated carbocycles. The summed E-state index contributed by atoms with van der Waals surface area (Å²) in [5, 5.41) is 8.87. The molecule has 1 fully saturated rings. The van der Waals surface area contributed by atoms with Crippen LogP contribution in [0.5, 0.6) is 0 Å². The fourth-order valence-corrected chi connectivity index (χ4v) is 2.66. The van der Waals surface area contributed by atoms with E-state index >= 15 is 0 Å². The first-order valence-electron chi connectivity index (χ1n) is 6.32. The second-order valence-corrected chi connectivity index (χ2v) is 5.42. The molecule has 18 heavy (non-hydrogen) atoms. The summed E-state index contributed by atoms with van der Waals surface area (Å²) < 4.78 is 5.36. The van der Waals surface area contributed by atoms with Crippen LogP contribution in [0.25, 0.3) is 0 Å². The Hall–Kier alpha value is -1.35. The van der Waals surface area contributed by atoms with Crippen molar-refractivity contribution in [3.05, 3.63) is 34.4 Å². The molecule has 1 aliphatic heterocycles. The monoisotopic (exact) mass is 248 g/mol. The van der Waals surface area contributed by atoms with Crippen LogP contribution in [0, 0.1) is 20.8 Å². The Balaban J connectivity index is 2.32. The average Bonchev–Trinajstić information content (AvgIpc) is 2.23. The van der Waals surface area contributed by atoms with Crippen molar-refractivity contribution < 1.29 is 14.6 Å². The summed E-state index contributed by atoms with van der Waals surface area (Å²) in [5.74, 6) is -0.734. The fraction of sp³-hybridized carbons (Fsp3) is 0.533. The van der Waals surface area contributed by atoms with Crippen molar-refractivity contribution >= 4 is 5.97 Å². The van der Waals surface area contributed by atoms with Crippen molar-refractivity contribution in [1.29, 1.82) is 0 Å². The van der Waals surface area contributed by atoms with E-state index < -0.39 is 5.97 Å². The molecule has 0 atom stereocenters. The van der Waals surface area contributed by atoms with Crippen LogP contribution >= 0.6 is 0 Å². The van der Waals surface area contributed by atoms with Crippen LogP contribution in [0.2, 0.25) is 0 Å². The molecular formula is C15H20O3. The van der Waals surface area contributed by atoms with Crippen LogP contribution in [0.1, 0.15) is 35.1 Å². The molecule has 1 N–H and O–H groups in total. The Kier molecular flexibility index (Phi) is 3.44. The predicted molar refractivity (Wildman–Crippen MR) is 70.0 cm³/mol. The molecule has 0 bridgehead atoms. The summed E-state index contributed by atoms with van der Waals surface area (Å²) in [6, 6.07) is 4.39. The number of hydrogen-bond donors (Lipinski definition) is 1. The third kappa shape index (κ3) is 2.27. The average molecular weight is 248 g/mol. The van der Waals surface area contributed by atoms with Crippen molar-refractivity contribution in [2.24, 2.45) is 0 Å². The van der Waals surface area contributed by atoms with Gasteiger partial charge in [-0.1, -0.05) is 12.1 Å². The number of carboxylic acids is 1. The summed E-state index contributed by atoms with van der Waals surface area (Å²) in [5.41, 5.74) is 4.97. The summed E-state index contributed by atoms with van der Waals surface area (Å²) in [4.78, 5) is 10.8. The van der Waals surface area contributed by atoms with Gasteiger partial charge in [0.05, 0.1) is 13.2 Å². The van der Waals surface area contributed by atoms with Crippen molar-refractivity contribution in [3.8, 4) is 0 Å². The van der Waals surface area contributed by atoms with E-state index in [0.29, 0.717) is 19.6 Å². The molecule has 0 aromatic heterocycles. The number of rotatable bonds is 4. The van der Waals surface area contributed by atoms with E-state index in [2.05, 4.69) is 32.9 Å². The molecule has 1 saturated heterocycles. The molecule has 1 aromatic rings. The molecule has 1 heterocycles. The number of benzene rings is 1. The minimum atomic E-state index is -0.734. The molecule has 2 rings (SSSR count). The topological polar surface area (TPSA) is 46.5 Å². The van der Waals surface area contributed by atoms with Gasteiger partial charge < -0.3 is 9.84 Å². The van der Waals surface area contributed by atoms with Crippen molar-refractivity contribution in [2.75, 3.05) is 13.2 Å². The molecule has 0 unspecified atom stereocenters. The summed E-state index contributed by atoms with van der Waals surface area (Å²) in [6.45, 7) is 7.59. The van der Waals surface area contributed by atoms with Crippen LogP contribution in [0.4, 0.5) is 0 Å². The first-order chi connectivity index (χ1) is 8.44. The molecule has 0 amide bonds. The van der Waals surface area contributed by atoms with Crippen LogP contribution < -0.4 is 0 Å². The summed E-state index contributed by atoms with van der Waals surface area (Å²) >= 11 is 0. The molecule has 0 aliphatic carbocycles. The number of carbonyl (C=O) groups is 1. The highest BCUT2D eigenvalue weighted by molar-refractivity contribution is 5.67. The van der Waals surface area contributed by atoms with Gasteiger partial charge in [0.15, 0.2) is 0 Å². The van der Waals surface area contributed by atoms with Gasteiger partial charge in [-0.25, -0.2) is 0 Å². The highest BCUT2D eigenvalue weighted by atomic mass is 16.5. The number of aryl methyl sites for hydroxylation is 3. The standard InChI is InChI=1S/C15H20O3/c1-10-6-12(3)13(7-11(10)2)15(8-18-9-15)5-4-14(16)17/h6-7H,4-5,8-9H2,1-3H3,(H,16,17). The Bertz CT molecular complexity index is 473. The second-order valence-electron chi connectivity index (χ2n) is 5.42. The van der Waals surface area contributed by atoms with Gasteiger partial charge >= 0.3 is 5.97 Å². The first-order valence-corrected chi connectivity index (χ1v) is 6.32.